The van der Waals surface area contributed by atoms with Crippen molar-refractivity contribution >= 4 is 9.84 Å². The summed E-state index contributed by atoms with van der Waals surface area (Å²) in [4.78, 5) is 8.25. The number of sulfone groups is 1. The van der Waals surface area contributed by atoms with Crippen LogP contribution < -0.4 is 5.73 Å². The standard InChI is InChI=1S/C10H17N3O2S/c1-6(11)9-5-12-10(13-7(9)2)8(3)16(4,14)15/h5-6,8H,11H2,1-4H3/t6-,8?/m0/s1. The summed E-state index contributed by atoms with van der Waals surface area (Å²) in [6, 6.07) is -0.150. The van der Waals surface area contributed by atoms with Crippen molar-refractivity contribution in [1.29, 1.82) is 0 Å². The summed E-state index contributed by atoms with van der Waals surface area (Å²) >= 11 is 0. The van der Waals surface area contributed by atoms with Crippen LogP contribution >= 0.6 is 0 Å². The molecule has 0 aliphatic rings. The van der Waals surface area contributed by atoms with Crippen LogP contribution in [0.15, 0.2) is 6.20 Å². The molecule has 1 heterocycles. The van der Waals surface area contributed by atoms with E-state index in [1.54, 1.807) is 20.0 Å². The highest BCUT2D eigenvalue weighted by Gasteiger charge is 2.21. The summed E-state index contributed by atoms with van der Waals surface area (Å²) in [5, 5.41) is -0.687. The third kappa shape index (κ3) is 2.76. The molecule has 16 heavy (non-hydrogen) atoms. The van der Waals surface area contributed by atoms with Crippen LogP contribution in [0.2, 0.25) is 0 Å². The van der Waals surface area contributed by atoms with E-state index >= 15 is 0 Å². The van der Waals surface area contributed by atoms with Crippen LogP contribution in [0, 0.1) is 6.92 Å². The van der Waals surface area contributed by atoms with Crippen molar-refractivity contribution in [3.05, 3.63) is 23.3 Å². The minimum Gasteiger partial charge on any atom is -0.324 e. The molecule has 0 aliphatic heterocycles. The van der Waals surface area contributed by atoms with Gasteiger partial charge in [0.2, 0.25) is 0 Å². The van der Waals surface area contributed by atoms with Gasteiger partial charge in [-0.15, -0.1) is 0 Å². The molecule has 0 saturated heterocycles. The number of aryl methyl sites for hydroxylation is 1. The monoisotopic (exact) mass is 243 g/mol. The van der Waals surface area contributed by atoms with E-state index in [-0.39, 0.29) is 6.04 Å². The second kappa shape index (κ2) is 4.47. The van der Waals surface area contributed by atoms with Gasteiger partial charge in [0, 0.05) is 29.8 Å². The van der Waals surface area contributed by atoms with Gasteiger partial charge in [0.05, 0.1) is 0 Å². The Morgan fingerprint density at radius 3 is 2.31 bits per heavy atom. The molecule has 1 aromatic heterocycles. The average Bonchev–Trinajstić information content (AvgIpc) is 2.14. The zero-order valence-corrected chi connectivity index (χ0v) is 10.7. The Balaban J connectivity index is 3.16. The van der Waals surface area contributed by atoms with E-state index in [2.05, 4.69) is 9.97 Å². The van der Waals surface area contributed by atoms with Crippen LogP contribution in [0.4, 0.5) is 0 Å². The zero-order chi connectivity index (χ0) is 12.5. The maximum atomic E-state index is 11.4. The molecule has 90 valence electrons. The number of nitrogens with two attached hydrogens (primary N) is 1. The molecular weight excluding hydrogens is 226 g/mol. The van der Waals surface area contributed by atoms with Crippen molar-refractivity contribution in [2.24, 2.45) is 5.73 Å². The summed E-state index contributed by atoms with van der Waals surface area (Å²) < 4.78 is 22.7. The van der Waals surface area contributed by atoms with E-state index in [4.69, 9.17) is 5.73 Å². The predicted octanol–water partition coefficient (Wildman–Crippen LogP) is 0.910. The molecule has 0 amide bonds. The van der Waals surface area contributed by atoms with Crippen LogP contribution in [0.25, 0.3) is 0 Å². The van der Waals surface area contributed by atoms with E-state index in [1.165, 1.54) is 6.26 Å². The van der Waals surface area contributed by atoms with E-state index in [1.807, 2.05) is 6.92 Å². The smallest absolute Gasteiger partial charge is 0.157 e. The Kier molecular flexibility index (Phi) is 3.64. The largest absolute Gasteiger partial charge is 0.324 e. The summed E-state index contributed by atoms with van der Waals surface area (Å²) in [5.41, 5.74) is 7.30. The molecule has 0 fully saturated rings. The van der Waals surface area contributed by atoms with Crippen LogP contribution in [0.1, 0.15) is 42.2 Å². The molecule has 2 atom stereocenters. The normalized spacial score (nSPS) is 15.8. The molecule has 6 heteroatoms. The highest BCUT2D eigenvalue weighted by molar-refractivity contribution is 7.90. The molecule has 1 rings (SSSR count). The van der Waals surface area contributed by atoms with Gasteiger partial charge in [-0.1, -0.05) is 0 Å². The molecule has 0 aliphatic carbocycles. The fourth-order valence-electron chi connectivity index (χ4n) is 1.33. The fraction of sp³-hybridized carbons (Fsp3) is 0.600. The maximum absolute atomic E-state index is 11.4. The van der Waals surface area contributed by atoms with Crippen molar-refractivity contribution in [1.82, 2.24) is 9.97 Å². The first-order chi connectivity index (χ1) is 7.23. The average molecular weight is 243 g/mol. The lowest BCUT2D eigenvalue weighted by molar-refractivity contribution is 0.588. The zero-order valence-electron chi connectivity index (χ0n) is 9.93. The van der Waals surface area contributed by atoms with Gasteiger partial charge in [-0.3, -0.25) is 0 Å². The second-order valence-electron chi connectivity index (χ2n) is 4.03. The lowest BCUT2D eigenvalue weighted by Crippen LogP contribution is -2.15. The highest BCUT2D eigenvalue weighted by Crippen LogP contribution is 2.19. The van der Waals surface area contributed by atoms with Crippen LogP contribution in [0.5, 0.6) is 0 Å². The maximum Gasteiger partial charge on any atom is 0.157 e. The first-order valence-electron chi connectivity index (χ1n) is 5.01. The van der Waals surface area contributed by atoms with E-state index in [0.717, 1.165) is 11.3 Å². The lowest BCUT2D eigenvalue weighted by atomic mass is 10.1. The Hall–Kier alpha value is -1.01. The van der Waals surface area contributed by atoms with Gasteiger partial charge in [0.25, 0.3) is 0 Å². The second-order valence-corrected chi connectivity index (χ2v) is 6.40. The minimum absolute atomic E-state index is 0.150. The quantitative estimate of drug-likeness (QED) is 0.852. The third-order valence-electron chi connectivity index (χ3n) is 2.53. The van der Waals surface area contributed by atoms with Crippen LogP contribution in [0.3, 0.4) is 0 Å². The summed E-state index contributed by atoms with van der Waals surface area (Å²) in [5.74, 6) is 0.324. The van der Waals surface area contributed by atoms with E-state index in [0.29, 0.717) is 5.82 Å². The third-order valence-corrected chi connectivity index (χ3v) is 4.03. The van der Waals surface area contributed by atoms with Gasteiger partial charge >= 0.3 is 0 Å². The van der Waals surface area contributed by atoms with E-state index < -0.39 is 15.1 Å². The highest BCUT2D eigenvalue weighted by atomic mass is 32.2. The molecule has 1 aromatic rings. The first kappa shape index (κ1) is 13.1. The van der Waals surface area contributed by atoms with Gasteiger partial charge < -0.3 is 5.73 Å². The Morgan fingerprint density at radius 2 is 1.94 bits per heavy atom. The van der Waals surface area contributed by atoms with Gasteiger partial charge in [0.1, 0.15) is 11.1 Å². The topological polar surface area (TPSA) is 85.9 Å². The fourth-order valence-corrected chi connectivity index (χ4v) is 1.83. The number of rotatable bonds is 3. The molecule has 0 radical (unpaired) electrons. The van der Waals surface area contributed by atoms with Crippen molar-refractivity contribution in [2.75, 3.05) is 6.26 Å². The predicted molar refractivity (Wildman–Crippen MR) is 62.6 cm³/mol. The molecular formula is C10H17N3O2S. The minimum atomic E-state index is -3.16. The molecule has 0 aromatic carbocycles. The SMILES string of the molecule is Cc1nc(C(C)S(C)(=O)=O)ncc1[C@H](C)N. The lowest BCUT2D eigenvalue weighted by Gasteiger charge is -2.12. The Bertz CT molecular complexity index is 483. The summed E-state index contributed by atoms with van der Waals surface area (Å²) in [6.45, 7) is 5.22. The molecule has 5 nitrogen and oxygen atoms in total. The van der Waals surface area contributed by atoms with Gasteiger partial charge in [-0.05, 0) is 20.8 Å². The van der Waals surface area contributed by atoms with Gasteiger partial charge in [-0.25, -0.2) is 18.4 Å². The summed E-state index contributed by atoms with van der Waals surface area (Å²) in [7, 11) is -3.16. The number of nitrogens with zero attached hydrogens (tertiary/aromatic N) is 2. The molecule has 2 N–H and O–H groups in total. The number of aromatic nitrogens is 2. The molecule has 0 saturated carbocycles. The van der Waals surface area contributed by atoms with Crippen molar-refractivity contribution in [3.8, 4) is 0 Å². The Labute approximate surface area is 96.0 Å². The summed E-state index contributed by atoms with van der Waals surface area (Å²) in [6.07, 6.45) is 2.78. The van der Waals surface area contributed by atoms with Crippen LogP contribution in [-0.2, 0) is 9.84 Å². The number of hydrogen-bond acceptors (Lipinski definition) is 5. The van der Waals surface area contributed by atoms with Crippen molar-refractivity contribution < 1.29 is 8.42 Å². The van der Waals surface area contributed by atoms with Gasteiger partial charge in [-0.2, -0.15) is 0 Å². The van der Waals surface area contributed by atoms with Crippen LogP contribution in [-0.4, -0.2) is 24.6 Å². The first-order valence-corrected chi connectivity index (χ1v) is 6.96. The van der Waals surface area contributed by atoms with Crippen molar-refractivity contribution in [3.63, 3.8) is 0 Å². The number of hydrogen-bond donors (Lipinski definition) is 1. The molecule has 0 spiro atoms. The molecule has 1 unspecified atom stereocenters. The van der Waals surface area contributed by atoms with Crippen molar-refractivity contribution in [2.45, 2.75) is 32.1 Å². The van der Waals surface area contributed by atoms with E-state index in [9.17, 15) is 8.42 Å². The molecule has 0 bridgehead atoms. The Morgan fingerprint density at radius 1 is 1.38 bits per heavy atom. The van der Waals surface area contributed by atoms with Gasteiger partial charge in [0.15, 0.2) is 9.84 Å².